The molecule has 0 aliphatic heterocycles. The van der Waals surface area contributed by atoms with E-state index < -0.39 is 11.8 Å². The maximum atomic E-state index is 13.6. The van der Waals surface area contributed by atoms with Gasteiger partial charge in [0.25, 0.3) is 0 Å². The molecule has 0 spiro atoms. The highest BCUT2D eigenvalue weighted by Gasteiger charge is 2.18. The molecule has 0 bridgehead atoms. The number of halogens is 2. The summed E-state index contributed by atoms with van der Waals surface area (Å²) in [5.74, 6) is -1.01. The molecule has 3 rings (SSSR count). The first-order valence-corrected chi connectivity index (χ1v) is 7.61. The summed E-state index contributed by atoms with van der Waals surface area (Å²) in [6.45, 7) is 1.98. The van der Waals surface area contributed by atoms with Crippen molar-refractivity contribution in [1.82, 2.24) is 15.4 Å². The van der Waals surface area contributed by atoms with Gasteiger partial charge < -0.3 is 4.74 Å². The van der Waals surface area contributed by atoms with Crippen LogP contribution in [-0.4, -0.2) is 28.0 Å². The van der Waals surface area contributed by atoms with Crippen molar-refractivity contribution in [2.75, 3.05) is 6.61 Å². The van der Waals surface area contributed by atoms with Gasteiger partial charge in [0.2, 0.25) is 0 Å². The van der Waals surface area contributed by atoms with Crippen LogP contribution in [0.15, 0.2) is 42.5 Å². The van der Waals surface area contributed by atoms with Crippen LogP contribution in [0.4, 0.5) is 4.39 Å². The summed E-state index contributed by atoms with van der Waals surface area (Å²) in [5.41, 5.74) is 2.75. The number of hydrogen-bond donors (Lipinski definition) is 1. The number of esters is 1. The van der Waals surface area contributed by atoms with E-state index in [-0.39, 0.29) is 17.3 Å². The Balaban J connectivity index is 1.91. The molecule has 0 saturated heterocycles. The van der Waals surface area contributed by atoms with Crippen LogP contribution in [0.2, 0.25) is 5.02 Å². The van der Waals surface area contributed by atoms with Crippen LogP contribution in [0.3, 0.4) is 0 Å². The first-order chi connectivity index (χ1) is 11.6. The number of H-pyrrole nitrogens is 1. The van der Waals surface area contributed by atoms with Gasteiger partial charge in [-0.1, -0.05) is 41.9 Å². The van der Waals surface area contributed by atoms with Gasteiger partial charge in [0, 0.05) is 5.56 Å². The second kappa shape index (κ2) is 6.80. The molecule has 24 heavy (non-hydrogen) atoms. The Bertz CT molecular complexity index is 878. The maximum absolute atomic E-state index is 13.6. The Labute approximate surface area is 142 Å². The molecule has 7 heteroatoms. The topological polar surface area (TPSA) is 67.9 Å². The highest BCUT2D eigenvalue weighted by Crippen LogP contribution is 2.27. The first kappa shape index (κ1) is 16.1. The van der Waals surface area contributed by atoms with E-state index in [4.69, 9.17) is 16.3 Å². The molecule has 3 aromatic rings. The van der Waals surface area contributed by atoms with Gasteiger partial charge in [-0.05, 0) is 30.2 Å². The fourth-order valence-electron chi connectivity index (χ4n) is 2.27. The summed E-state index contributed by atoms with van der Waals surface area (Å²) in [5, 5.41) is 10.4. The smallest absolute Gasteiger partial charge is 0.361 e. The number of benzene rings is 2. The highest BCUT2D eigenvalue weighted by atomic mass is 35.5. The zero-order valence-corrected chi connectivity index (χ0v) is 13.5. The standard InChI is InChI=1S/C17H13ClFN3O2/c1-2-24-17(23)16-15(20-22-21-16)11-5-3-10(4-6-11)12-7-8-13(18)14(19)9-12/h3-9H,2H2,1H3,(H,20,21,22). The molecule has 2 aromatic carbocycles. The van der Waals surface area contributed by atoms with Crippen LogP contribution < -0.4 is 0 Å². The molecule has 1 aromatic heterocycles. The quantitative estimate of drug-likeness (QED) is 0.722. The van der Waals surface area contributed by atoms with Crippen molar-refractivity contribution in [3.63, 3.8) is 0 Å². The monoisotopic (exact) mass is 345 g/mol. The van der Waals surface area contributed by atoms with Gasteiger partial charge in [0.05, 0.1) is 11.6 Å². The lowest BCUT2D eigenvalue weighted by molar-refractivity contribution is 0.0520. The fraction of sp³-hybridized carbons (Fsp3) is 0.118. The van der Waals surface area contributed by atoms with Crippen LogP contribution in [0.5, 0.6) is 0 Å². The van der Waals surface area contributed by atoms with Gasteiger partial charge in [0.15, 0.2) is 5.69 Å². The van der Waals surface area contributed by atoms with E-state index in [2.05, 4.69) is 15.4 Å². The van der Waals surface area contributed by atoms with Gasteiger partial charge in [-0.15, -0.1) is 5.10 Å². The largest absolute Gasteiger partial charge is 0.461 e. The molecule has 0 fully saturated rings. The lowest BCUT2D eigenvalue weighted by Crippen LogP contribution is -2.06. The van der Waals surface area contributed by atoms with Crippen molar-refractivity contribution in [1.29, 1.82) is 0 Å². The van der Waals surface area contributed by atoms with E-state index >= 15 is 0 Å². The van der Waals surface area contributed by atoms with E-state index in [0.717, 1.165) is 5.56 Å². The highest BCUT2D eigenvalue weighted by molar-refractivity contribution is 6.30. The van der Waals surface area contributed by atoms with E-state index in [1.807, 2.05) is 12.1 Å². The van der Waals surface area contributed by atoms with Crippen molar-refractivity contribution in [3.05, 3.63) is 59.0 Å². The predicted molar refractivity (Wildman–Crippen MR) is 88.2 cm³/mol. The predicted octanol–water partition coefficient (Wildman–Crippen LogP) is 4.11. The molecule has 0 atom stereocenters. The van der Waals surface area contributed by atoms with Crippen molar-refractivity contribution >= 4 is 17.6 Å². The average Bonchev–Trinajstić information content (AvgIpc) is 3.07. The summed E-state index contributed by atoms with van der Waals surface area (Å²) in [7, 11) is 0. The van der Waals surface area contributed by atoms with Crippen molar-refractivity contribution < 1.29 is 13.9 Å². The molecule has 0 unspecified atom stereocenters. The molecule has 1 heterocycles. The van der Waals surface area contributed by atoms with Crippen molar-refractivity contribution in [2.24, 2.45) is 0 Å². The molecular weight excluding hydrogens is 333 g/mol. The van der Waals surface area contributed by atoms with Crippen LogP contribution in [0.25, 0.3) is 22.4 Å². The average molecular weight is 346 g/mol. The second-order valence-corrected chi connectivity index (χ2v) is 5.35. The molecule has 0 aliphatic rings. The maximum Gasteiger partial charge on any atom is 0.361 e. The number of carbonyl (C=O) groups excluding carboxylic acids is 1. The lowest BCUT2D eigenvalue weighted by atomic mass is 10.0. The Morgan fingerprint density at radius 2 is 1.79 bits per heavy atom. The van der Waals surface area contributed by atoms with Crippen LogP contribution in [-0.2, 0) is 4.74 Å². The number of carbonyl (C=O) groups is 1. The molecule has 0 radical (unpaired) electrons. The number of aromatic amines is 1. The minimum atomic E-state index is -0.537. The number of hydrogen-bond acceptors (Lipinski definition) is 4. The van der Waals surface area contributed by atoms with E-state index in [1.165, 1.54) is 12.1 Å². The normalized spacial score (nSPS) is 10.6. The Morgan fingerprint density at radius 3 is 2.46 bits per heavy atom. The number of nitrogens with zero attached hydrogens (tertiary/aromatic N) is 2. The van der Waals surface area contributed by atoms with Crippen molar-refractivity contribution in [3.8, 4) is 22.4 Å². The third-order valence-corrected chi connectivity index (χ3v) is 3.73. The Kier molecular flexibility index (Phi) is 4.57. The number of aromatic nitrogens is 3. The zero-order valence-electron chi connectivity index (χ0n) is 12.7. The summed E-state index contributed by atoms with van der Waals surface area (Å²) < 4.78 is 18.5. The summed E-state index contributed by atoms with van der Waals surface area (Å²) in [6, 6.07) is 11.8. The molecular formula is C17H13ClFN3O2. The molecule has 5 nitrogen and oxygen atoms in total. The minimum absolute atomic E-state index is 0.0806. The minimum Gasteiger partial charge on any atom is -0.461 e. The van der Waals surface area contributed by atoms with Crippen LogP contribution in [0.1, 0.15) is 17.4 Å². The summed E-state index contributed by atoms with van der Waals surface area (Å²) >= 11 is 5.70. The van der Waals surface area contributed by atoms with Crippen molar-refractivity contribution in [2.45, 2.75) is 6.92 Å². The second-order valence-electron chi connectivity index (χ2n) is 4.95. The lowest BCUT2D eigenvalue weighted by Gasteiger charge is -2.05. The molecule has 1 N–H and O–H groups in total. The zero-order chi connectivity index (χ0) is 17.1. The van der Waals surface area contributed by atoms with Gasteiger partial charge >= 0.3 is 5.97 Å². The first-order valence-electron chi connectivity index (χ1n) is 7.24. The molecule has 122 valence electrons. The number of nitrogens with one attached hydrogen (secondary N) is 1. The van der Waals surface area contributed by atoms with E-state index in [0.29, 0.717) is 16.8 Å². The van der Waals surface area contributed by atoms with E-state index in [1.54, 1.807) is 25.1 Å². The number of ether oxygens (including phenoxy) is 1. The third-order valence-electron chi connectivity index (χ3n) is 3.43. The van der Waals surface area contributed by atoms with Crippen LogP contribution in [0, 0.1) is 5.82 Å². The van der Waals surface area contributed by atoms with Gasteiger partial charge in [0.1, 0.15) is 11.5 Å². The SMILES string of the molecule is CCOC(=O)c1n[nH]nc1-c1ccc(-c2ccc(Cl)c(F)c2)cc1. The number of rotatable bonds is 4. The Morgan fingerprint density at radius 1 is 1.12 bits per heavy atom. The van der Waals surface area contributed by atoms with Gasteiger partial charge in [-0.25, -0.2) is 9.18 Å². The van der Waals surface area contributed by atoms with Gasteiger partial charge in [-0.3, -0.25) is 0 Å². The molecule has 0 saturated carbocycles. The summed E-state index contributed by atoms with van der Waals surface area (Å²) in [6.07, 6.45) is 0. The molecule has 0 aliphatic carbocycles. The summed E-state index contributed by atoms with van der Waals surface area (Å²) in [4.78, 5) is 11.9. The third kappa shape index (κ3) is 3.14. The van der Waals surface area contributed by atoms with Crippen LogP contribution >= 0.6 is 11.6 Å². The Hall–Kier alpha value is -2.73. The fourth-order valence-corrected chi connectivity index (χ4v) is 2.39. The van der Waals surface area contributed by atoms with Gasteiger partial charge in [-0.2, -0.15) is 10.3 Å². The van der Waals surface area contributed by atoms with E-state index in [9.17, 15) is 9.18 Å². The molecule has 0 amide bonds.